The Morgan fingerprint density at radius 3 is 2.11 bits per heavy atom. The van der Waals surface area contributed by atoms with E-state index in [4.69, 9.17) is 4.74 Å². The molecule has 1 rings (SSSR count). The maximum Gasteiger partial charge on any atom is 0.104 e. The molecule has 0 radical (unpaired) electrons. The van der Waals surface area contributed by atoms with Crippen LogP contribution < -0.4 is 0 Å². The molecule has 1 aliphatic rings. The van der Waals surface area contributed by atoms with Gasteiger partial charge >= 0.3 is 0 Å². The number of aliphatic hydroxyl groups is 1. The van der Waals surface area contributed by atoms with E-state index in [1.54, 1.807) is 14.0 Å². The van der Waals surface area contributed by atoms with Crippen molar-refractivity contribution >= 4 is 0 Å². The maximum absolute atomic E-state index is 10.5. The fourth-order valence-electron chi connectivity index (χ4n) is 3.17. The summed E-state index contributed by atoms with van der Waals surface area (Å²) in [5.41, 5.74) is -1.42. The molecule has 1 N–H and O–H groups in total. The van der Waals surface area contributed by atoms with Gasteiger partial charge in [-0.3, -0.25) is 0 Å². The zero-order valence-electron chi connectivity index (χ0n) is 12.4. The molecule has 104 valence electrons. The summed E-state index contributed by atoms with van der Waals surface area (Å²) >= 11 is 0. The normalized spacial score (nSPS) is 32.6. The maximum atomic E-state index is 10.5. The monoisotopic (exact) mass is 253 g/mol. The van der Waals surface area contributed by atoms with Gasteiger partial charge < -0.3 is 9.84 Å². The van der Waals surface area contributed by atoms with E-state index in [-0.39, 0.29) is 12.0 Å². The first-order valence-electron chi connectivity index (χ1n) is 6.81. The van der Waals surface area contributed by atoms with Crippen LogP contribution in [0.3, 0.4) is 0 Å². The molecule has 0 saturated heterocycles. The molecule has 3 nitrogen and oxygen atoms in total. The minimum absolute atomic E-state index is 0.223. The fourth-order valence-corrected chi connectivity index (χ4v) is 3.17. The number of hydrogen-bond donors (Lipinski definition) is 1. The third-order valence-electron chi connectivity index (χ3n) is 4.73. The Hall–Kier alpha value is -0.590. The van der Waals surface area contributed by atoms with Gasteiger partial charge in [0.2, 0.25) is 0 Å². The van der Waals surface area contributed by atoms with Crippen molar-refractivity contribution < 1.29 is 9.84 Å². The number of ether oxygens (including phenoxy) is 1. The van der Waals surface area contributed by atoms with Crippen LogP contribution in [-0.4, -0.2) is 24.4 Å². The molecule has 0 heterocycles. The number of hydrogen-bond acceptors (Lipinski definition) is 3. The molecule has 18 heavy (non-hydrogen) atoms. The Balaban J connectivity index is 2.82. The van der Waals surface area contributed by atoms with Crippen molar-refractivity contribution in [2.75, 3.05) is 13.7 Å². The van der Waals surface area contributed by atoms with Crippen molar-refractivity contribution in [1.82, 2.24) is 0 Å². The molecule has 1 aliphatic carbocycles. The lowest BCUT2D eigenvalue weighted by molar-refractivity contribution is -0.109. The Morgan fingerprint density at radius 1 is 1.28 bits per heavy atom. The van der Waals surface area contributed by atoms with Gasteiger partial charge in [-0.2, -0.15) is 5.26 Å². The Labute approximate surface area is 111 Å². The summed E-state index contributed by atoms with van der Waals surface area (Å²) in [6.07, 6.45) is 3.55. The molecular formula is C15H27NO2. The average Bonchev–Trinajstić information content (AvgIpc) is 2.27. The van der Waals surface area contributed by atoms with Crippen LogP contribution in [0.5, 0.6) is 0 Å². The summed E-state index contributed by atoms with van der Waals surface area (Å²) in [6, 6.07) is 2.38. The molecule has 3 heteroatoms. The molecule has 0 spiro atoms. The first kappa shape index (κ1) is 15.5. The molecule has 1 unspecified atom stereocenters. The second-order valence-electron chi connectivity index (χ2n) is 7.04. The highest BCUT2D eigenvalue weighted by Crippen LogP contribution is 2.50. The van der Waals surface area contributed by atoms with Crippen molar-refractivity contribution in [3.8, 4) is 6.07 Å². The largest absolute Gasteiger partial charge is 0.386 e. The van der Waals surface area contributed by atoms with E-state index in [1.807, 2.05) is 0 Å². The van der Waals surface area contributed by atoms with Crippen LogP contribution in [0.15, 0.2) is 0 Å². The minimum Gasteiger partial charge on any atom is -0.386 e. The molecular weight excluding hydrogens is 226 g/mol. The van der Waals surface area contributed by atoms with E-state index in [0.29, 0.717) is 5.92 Å². The average molecular weight is 253 g/mol. The topological polar surface area (TPSA) is 53.2 Å². The summed E-state index contributed by atoms with van der Waals surface area (Å²) < 4.78 is 5.08. The highest BCUT2D eigenvalue weighted by molar-refractivity contribution is 5.12. The second-order valence-corrected chi connectivity index (χ2v) is 7.04. The van der Waals surface area contributed by atoms with Gasteiger partial charge in [-0.1, -0.05) is 20.8 Å². The molecule has 0 aliphatic heterocycles. The van der Waals surface area contributed by atoms with Gasteiger partial charge in [0.15, 0.2) is 0 Å². The van der Waals surface area contributed by atoms with E-state index in [2.05, 4.69) is 26.8 Å². The zero-order chi connectivity index (χ0) is 14.0. The lowest BCUT2D eigenvalue weighted by Crippen LogP contribution is -2.51. The van der Waals surface area contributed by atoms with Gasteiger partial charge in [-0.15, -0.1) is 0 Å². The number of nitrogens with zero attached hydrogens (tertiary/aromatic N) is 1. The van der Waals surface area contributed by atoms with E-state index in [1.165, 1.54) is 0 Å². The van der Waals surface area contributed by atoms with E-state index in [0.717, 1.165) is 25.7 Å². The summed E-state index contributed by atoms with van der Waals surface area (Å²) in [6.45, 7) is 8.72. The zero-order valence-corrected chi connectivity index (χ0v) is 12.4. The van der Waals surface area contributed by atoms with Crippen molar-refractivity contribution in [1.29, 1.82) is 5.26 Å². The molecule has 0 aromatic rings. The second kappa shape index (κ2) is 5.19. The van der Waals surface area contributed by atoms with Crippen molar-refractivity contribution in [2.45, 2.75) is 59.0 Å². The van der Waals surface area contributed by atoms with Crippen molar-refractivity contribution in [3.63, 3.8) is 0 Å². The Kier molecular flexibility index (Phi) is 4.46. The predicted molar refractivity (Wildman–Crippen MR) is 72.0 cm³/mol. The van der Waals surface area contributed by atoms with Crippen LogP contribution >= 0.6 is 0 Å². The lowest BCUT2D eigenvalue weighted by Gasteiger charge is -2.46. The Bertz CT molecular complexity index is 314. The van der Waals surface area contributed by atoms with Crippen LogP contribution in [-0.2, 0) is 4.74 Å². The first-order chi connectivity index (χ1) is 8.18. The number of nitriles is 1. The summed E-state index contributed by atoms with van der Waals surface area (Å²) in [5.74, 6) is 0.636. The van der Waals surface area contributed by atoms with E-state index < -0.39 is 11.0 Å². The summed E-state index contributed by atoms with van der Waals surface area (Å²) in [5, 5.41) is 20.1. The Morgan fingerprint density at radius 2 is 1.78 bits per heavy atom. The van der Waals surface area contributed by atoms with Gasteiger partial charge in [-0.05, 0) is 43.9 Å². The molecule has 0 aromatic heterocycles. The molecule has 0 bridgehead atoms. The van der Waals surface area contributed by atoms with Gasteiger partial charge in [0, 0.05) is 7.11 Å². The van der Waals surface area contributed by atoms with Crippen LogP contribution in [0.4, 0.5) is 0 Å². The van der Waals surface area contributed by atoms with Gasteiger partial charge in [0.05, 0.1) is 18.1 Å². The minimum atomic E-state index is -1.06. The summed E-state index contributed by atoms with van der Waals surface area (Å²) in [7, 11) is 1.57. The summed E-state index contributed by atoms with van der Waals surface area (Å²) in [4.78, 5) is 0. The van der Waals surface area contributed by atoms with Gasteiger partial charge in [-0.25, -0.2) is 0 Å². The van der Waals surface area contributed by atoms with E-state index in [9.17, 15) is 10.4 Å². The molecule has 0 aromatic carbocycles. The fraction of sp³-hybridized carbons (Fsp3) is 0.933. The van der Waals surface area contributed by atoms with Crippen LogP contribution in [0.1, 0.15) is 53.4 Å². The van der Waals surface area contributed by atoms with Crippen LogP contribution in [0.25, 0.3) is 0 Å². The first-order valence-corrected chi connectivity index (χ1v) is 6.81. The molecule has 1 saturated carbocycles. The standard InChI is InChI=1S/C15H27NO2/c1-13(2,3)12-6-8-15(10-16,9-7-12)14(4,17)11-18-5/h12,17H,6-9,11H2,1-5H3. The SMILES string of the molecule is COCC(C)(O)C1(C#N)CCC(C(C)(C)C)CC1. The van der Waals surface area contributed by atoms with Gasteiger partial charge in [0.1, 0.15) is 5.60 Å². The highest BCUT2D eigenvalue weighted by Gasteiger charge is 2.50. The van der Waals surface area contributed by atoms with E-state index >= 15 is 0 Å². The number of methoxy groups -OCH3 is 1. The quantitative estimate of drug-likeness (QED) is 0.840. The predicted octanol–water partition coefficient (Wildman–Crippen LogP) is 3.13. The number of rotatable bonds is 3. The van der Waals surface area contributed by atoms with Crippen molar-refractivity contribution in [2.24, 2.45) is 16.7 Å². The highest BCUT2D eigenvalue weighted by atomic mass is 16.5. The molecule has 1 atom stereocenters. The lowest BCUT2D eigenvalue weighted by atomic mass is 9.59. The van der Waals surface area contributed by atoms with Gasteiger partial charge in [0.25, 0.3) is 0 Å². The molecule has 1 fully saturated rings. The smallest absolute Gasteiger partial charge is 0.104 e. The molecule has 0 amide bonds. The van der Waals surface area contributed by atoms with Crippen LogP contribution in [0, 0.1) is 28.1 Å². The third kappa shape index (κ3) is 2.87. The third-order valence-corrected chi connectivity index (χ3v) is 4.73. The van der Waals surface area contributed by atoms with Crippen molar-refractivity contribution in [3.05, 3.63) is 0 Å². The van der Waals surface area contributed by atoms with Crippen LogP contribution in [0.2, 0.25) is 0 Å².